The molecule has 8 nitrogen and oxygen atoms in total. The lowest BCUT2D eigenvalue weighted by molar-refractivity contribution is -0.120. The maximum Gasteiger partial charge on any atom is 0.229 e. The molecule has 1 aromatic heterocycles. The van der Waals surface area contributed by atoms with Gasteiger partial charge in [-0.05, 0) is 43.7 Å². The average molecular weight is 393 g/mol. The summed E-state index contributed by atoms with van der Waals surface area (Å²) in [5.41, 5.74) is 7.63. The number of anilines is 3. The predicted molar refractivity (Wildman–Crippen MR) is 116 cm³/mol. The van der Waals surface area contributed by atoms with Gasteiger partial charge in [-0.1, -0.05) is 19.1 Å². The fraction of sp³-hybridized carbons (Fsp3) is 0.333. The van der Waals surface area contributed by atoms with Gasteiger partial charge in [0.1, 0.15) is 5.82 Å². The van der Waals surface area contributed by atoms with Gasteiger partial charge in [0.2, 0.25) is 11.9 Å². The zero-order valence-electron chi connectivity index (χ0n) is 16.6. The van der Waals surface area contributed by atoms with Crippen LogP contribution in [0.3, 0.4) is 0 Å². The number of aromatic nitrogens is 2. The van der Waals surface area contributed by atoms with Crippen LogP contribution in [-0.4, -0.2) is 35.5 Å². The largest absolute Gasteiger partial charge is 0.369 e. The van der Waals surface area contributed by atoms with Crippen LogP contribution in [0.2, 0.25) is 0 Å². The van der Waals surface area contributed by atoms with E-state index >= 15 is 0 Å². The number of nitrogens with one attached hydrogen (secondary N) is 3. The quantitative estimate of drug-likeness (QED) is 0.462. The lowest BCUT2D eigenvalue weighted by atomic mass is 10.2. The van der Waals surface area contributed by atoms with Crippen molar-refractivity contribution in [2.45, 2.75) is 26.2 Å². The highest BCUT2D eigenvalue weighted by Gasteiger charge is 2.06. The van der Waals surface area contributed by atoms with Crippen molar-refractivity contribution in [2.24, 2.45) is 5.73 Å². The number of nitriles is 1. The van der Waals surface area contributed by atoms with Crippen molar-refractivity contribution in [1.29, 1.82) is 5.26 Å². The summed E-state index contributed by atoms with van der Waals surface area (Å²) in [4.78, 5) is 20.5. The molecule has 0 aliphatic heterocycles. The summed E-state index contributed by atoms with van der Waals surface area (Å²) < 4.78 is 0. The second kappa shape index (κ2) is 12.1. The number of benzene rings is 1. The van der Waals surface area contributed by atoms with Gasteiger partial charge in [-0.3, -0.25) is 4.79 Å². The lowest BCUT2D eigenvalue weighted by Crippen LogP contribution is -2.23. The van der Waals surface area contributed by atoms with Crippen molar-refractivity contribution in [3.8, 4) is 6.07 Å². The topological polar surface area (TPSA) is 129 Å². The van der Waals surface area contributed by atoms with Crippen LogP contribution in [0.15, 0.2) is 36.5 Å². The second-order valence-corrected chi connectivity index (χ2v) is 6.34. The number of nitrogens with two attached hydrogens (primary N) is 1. The fourth-order valence-electron chi connectivity index (χ4n) is 2.43. The molecule has 2 rings (SSSR count). The monoisotopic (exact) mass is 393 g/mol. The van der Waals surface area contributed by atoms with E-state index < -0.39 is 0 Å². The van der Waals surface area contributed by atoms with Gasteiger partial charge < -0.3 is 21.7 Å². The van der Waals surface area contributed by atoms with E-state index in [0.717, 1.165) is 24.2 Å². The summed E-state index contributed by atoms with van der Waals surface area (Å²) in [6.45, 7) is 3.80. The highest BCUT2D eigenvalue weighted by molar-refractivity contribution is 5.76. The molecule has 152 valence electrons. The van der Waals surface area contributed by atoms with Crippen LogP contribution in [0.25, 0.3) is 6.08 Å². The van der Waals surface area contributed by atoms with Crippen LogP contribution in [0.5, 0.6) is 0 Å². The van der Waals surface area contributed by atoms with Crippen molar-refractivity contribution >= 4 is 29.4 Å². The molecule has 0 fully saturated rings. The van der Waals surface area contributed by atoms with Gasteiger partial charge in [0, 0.05) is 37.0 Å². The van der Waals surface area contributed by atoms with Gasteiger partial charge in [-0.25, -0.2) is 4.98 Å². The molecule has 1 heterocycles. The molecular weight excluding hydrogens is 366 g/mol. The van der Waals surface area contributed by atoms with Crippen molar-refractivity contribution in [3.05, 3.63) is 47.7 Å². The first kappa shape index (κ1) is 21.9. The van der Waals surface area contributed by atoms with Gasteiger partial charge >= 0.3 is 0 Å². The summed E-state index contributed by atoms with van der Waals surface area (Å²) in [5.74, 6) is 1.16. The summed E-state index contributed by atoms with van der Waals surface area (Å²) in [6, 6.07) is 9.17. The highest BCUT2D eigenvalue weighted by Crippen LogP contribution is 2.19. The Morgan fingerprint density at radius 3 is 2.79 bits per heavy atom. The third kappa shape index (κ3) is 7.60. The van der Waals surface area contributed by atoms with Crippen LogP contribution in [-0.2, 0) is 4.79 Å². The molecule has 0 bridgehead atoms. The molecule has 0 unspecified atom stereocenters. The molecule has 0 aliphatic rings. The molecule has 2 aromatic rings. The van der Waals surface area contributed by atoms with E-state index in [4.69, 9.17) is 11.0 Å². The van der Waals surface area contributed by atoms with Crippen LogP contribution in [0.4, 0.5) is 17.5 Å². The highest BCUT2D eigenvalue weighted by atomic mass is 16.1. The normalized spacial score (nSPS) is 10.5. The molecule has 0 aliphatic carbocycles. The van der Waals surface area contributed by atoms with Gasteiger partial charge in [-0.2, -0.15) is 10.2 Å². The third-order valence-electron chi connectivity index (χ3n) is 3.95. The van der Waals surface area contributed by atoms with E-state index in [2.05, 4.69) is 38.9 Å². The number of hydrogen-bond donors (Lipinski definition) is 4. The molecule has 29 heavy (non-hydrogen) atoms. The van der Waals surface area contributed by atoms with E-state index in [1.165, 1.54) is 0 Å². The van der Waals surface area contributed by atoms with E-state index in [9.17, 15) is 4.79 Å². The number of rotatable bonds is 11. The van der Waals surface area contributed by atoms with E-state index in [1.54, 1.807) is 18.3 Å². The van der Waals surface area contributed by atoms with Crippen molar-refractivity contribution in [3.63, 3.8) is 0 Å². The zero-order chi connectivity index (χ0) is 20.9. The maximum absolute atomic E-state index is 11.6. The number of carbonyl (C=O) groups excluding carboxylic acids is 1. The third-order valence-corrected chi connectivity index (χ3v) is 3.95. The summed E-state index contributed by atoms with van der Waals surface area (Å²) in [6.07, 6.45) is 7.55. The fourth-order valence-corrected chi connectivity index (χ4v) is 2.43. The van der Waals surface area contributed by atoms with Crippen LogP contribution in [0, 0.1) is 11.3 Å². The first-order chi connectivity index (χ1) is 14.2. The molecule has 0 saturated heterocycles. The Morgan fingerprint density at radius 2 is 2.10 bits per heavy atom. The number of hydrogen-bond acceptors (Lipinski definition) is 7. The number of carbonyl (C=O) groups is 1. The first-order valence-electron chi connectivity index (χ1n) is 9.67. The molecule has 1 amide bonds. The van der Waals surface area contributed by atoms with Gasteiger partial charge in [0.05, 0.1) is 11.6 Å². The summed E-state index contributed by atoms with van der Waals surface area (Å²) >= 11 is 0. The van der Waals surface area contributed by atoms with Crippen molar-refractivity contribution < 1.29 is 4.79 Å². The van der Waals surface area contributed by atoms with Gasteiger partial charge in [-0.15, -0.1) is 0 Å². The molecule has 0 atom stereocenters. The van der Waals surface area contributed by atoms with Crippen molar-refractivity contribution in [1.82, 2.24) is 15.3 Å². The van der Waals surface area contributed by atoms with Crippen molar-refractivity contribution in [2.75, 3.05) is 30.3 Å². The molecule has 5 N–H and O–H groups in total. The number of amides is 1. The predicted octanol–water partition coefficient (Wildman–Crippen LogP) is 2.78. The lowest BCUT2D eigenvalue weighted by Gasteiger charge is -2.11. The molecule has 0 spiro atoms. The molecular formula is C21H27N7O. The molecule has 0 saturated carbocycles. The van der Waals surface area contributed by atoms with Gasteiger partial charge in [0.25, 0.3) is 0 Å². The first-order valence-corrected chi connectivity index (χ1v) is 9.67. The van der Waals surface area contributed by atoms with Gasteiger partial charge in [0.15, 0.2) is 0 Å². The zero-order valence-corrected chi connectivity index (χ0v) is 16.6. The standard InChI is InChI=1S/C21H27N7O/c1-2-12-25-20-17(5-4-13-24-19(29)6-3-11-22)15-26-21(28-20)27-18-9-7-16(14-23)8-10-18/h4-5,7-10,15H,2-3,6,11-13,22H2,1H3,(H,24,29)(H2,25,26,27,28). The maximum atomic E-state index is 11.6. The Kier molecular flexibility index (Phi) is 9.12. The molecule has 8 heteroatoms. The van der Waals surface area contributed by atoms with Crippen LogP contribution < -0.4 is 21.7 Å². The van der Waals surface area contributed by atoms with E-state index in [1.807, 2.05) is 24.3 Å². The van der Waals surface area contributed by atoms with Crippen LogP contribution in [0.1, 0.15) is 37.3 Å². The minimum atomic E-state index is -0.0114. The molecule has 1 aromatic carbocycles. The second-order valence-electron chi connectivity index (χ2n) is 6.34. The Bertz CT molecular complexity index is 856. The minimum absolute atomic E-state index is 0.0114. The Hall–Kier alpha value is -3.44. The van der Waals surface area contributed by atoms with E-state index in [0.29, 0.717) is 43.3 Å². The Balaban J connectivity index is 2.04. The minimum Gasteiger partial charge on any atom is -0.369 e. The SMILES string of the molecule is CCCNc1nc(Nc2ccc(C#N)cc2)ncc1C=CCNC(=O)CCCN. The average Bonchev–Trinajstić information content (AvgIpc) is 2.75. The smallest absolute Gasteiger partial charge is 0.229 e. The summed E-state index contributed by atoms with van der Waals surface area (Å²) in [7, 11) is 0. The van der Waals surface area contributed by atoms with E-state index in [-0.39, 0.29) is 5.91 Å². The van der Waals surface area contributed by atoms with Crippen LogP contribution >= 0.6 is 0 Å². The summed E-state index contributed by atoms with van der Waals surface area (Å²) in [5, 5.41) is 18.1. The Morgan fingerprint density at radius 1 is 1.31 bits per heavy atom. The Labute approximate surface area is 171 Å². The molecule has 0 radical (unpaired) electrons. The number of nitrogens with zero attached hydrogens (tertiary/aromatic N) is 3.